The Morgan fingerprint density at radius 1 is 1.33 bits per heavy atom. The fraction of sp³-hybridized carbons (Fsp3) is 0.727. The van der Waals surface area contributed by atoms with Gasteiger partial charge in [0, 0.05) is 6.04 Å². The number of H-pyrrole nitrogens is 1. The third-order valence-electron chi connectivity index (χ3n) is 3.37. The summed E-state index contributed by atoms with van der Waals surface area (Å²) >= 11 is 0. The fourth-order valence-electron chi connectivity index (χ4n) is 2.44. The minimum atomic E-state index is -3.61. The van der Waals surface area contributed by atoms with Crippen molar-refractivity contribution in [1.29, 1.82) is 0 Å². The molecule has 2 rings (SSSR count). The number of rotatable bonds is 3. The maximum atomic E-state index is 12.3. The van der Waals surface area contributed by atoms with Crippen LogP contribution < -0.4 is 4.72 Å². The van der Waals surface area contributed by atoms with Crippen LogP contribution in [0.15, 0.2) is 4.90 Å². The smallest absolute Gasteiger partial charge is 0.244 e. The number of nitrogens with zero attached hydrogens (tertiary/aromatic N) is 1. The van der Waals surface area contributed by atoms with Gasteiger partial charge in [-0.15, -0.1) is 0 Å². The molecule has 0 aliphatic heterocycles. The third kappa shape index (κ3) is 2.57. The summed E-state index contributed by atoms with van der Waals surface area (Å²) in [4.78, 5) is 0.195. The van der Waals surface area contributed by atoms with Gasteiger partial charge in [0.05, 0.1) is 17.5 Å². The van der Waals surface area contributed by atoms with E-state index in [0.29, 0.717) is 24.2 Å². The topological polar surface area (TPSA) is 95.1 Å². The number of aryl methyl sites for hydroxylation is 2. The summed E-state index contributed by atoms with van der Waals surface area (Å²) in [6.45, 7) is 3.32. The third-order valence-corrected chi connectivity index (χ3v) is 5.12. The van der Waals surface area contributed by atoms with Crippen LogP contribution in [0.3, 0.4) is 0 Å². The standard InChI is InChI=1S/C11H19N3O3S/c1-7-11(8(2)13-12-7)18(16,17)14-9-5-3-4-6-10(9)15/h9-10,14-15H,3-6H2,1-2H3,(H,12,13)/t9-,10-/m0/s1. The first-order chi connectivity index (χ1) is 8.42. The first-order valence-electron chi connectivity index (χ1n) is 6.14. The minimum absolute atomic E-state index is 0.195. The Bertz CT molecular complexity index is 504. The molecule has 0 spiro atoms. The van der Waals surface area contributed by atoms with E-state index in [-0.39, 0.29) is 4.90 Å². The molecule has 1 fully saturated rings. The molecule has 0 unspecified atom stereocenters. The molecular formula is C11H19N3O3S. The number of aromatic nitrogens is 2. The molecule has 1 aromatic rings. The van der Waals surface area contributed by atoms with E-state index in [1.54, 1.807) is 13.8 Å². The van der Waals surface area contributed by atoms with E-state index in [1.807, 2.05) is 0 Å². The molecule has 0 radical (unpaired) electrons. The molecule has 102 valence electrons. The molecule has 0 bridgehead atoms. The van der Waals surface area contributed by atoms with Gasteiger partial charge in [-0.3, -0.25) is 5.10 Å². The predicted octanol–water partition coefficient (Wildman–Crippen LogP) is 0.608. The van der Waals surface area contributed by atoms with E-state index in [1.165, 1.54) is 0 Å². The summed E-state index contributed by atoms with van der Waals surface area (Å²) in [7, 11) is -3.61. The Balaban J connectivity index is 2.22. The monoisotopic (exact) mass is 273 g/mol. The van der Waals surface area contributed by atoms with Crippen LogP contribution in [0.5, 0.6) is 0 Å². The van der Waals surface area contributed by atoms with Crippen LogP contribution in [0.1, 0.15) is 37.1 Å². The highest BCUT2D eigenvalue weighted by atomic mass is 32.2. The van der Waals surface area contributed by atoms with E-state index < -0.39 is 22.2 Å². The average molecular weight is 273 g/mol. The number of aliphatic hydroxyl groups is 1. The Morgan fingerprint density at radius 2 is 2.00 bits per heavy atom. The number of aromatic amines is 1. The van der Waals surface area contributed by atoms with Crippen molar-refractivity contribution < 1.29 is 13.5 Å². The maximum Gasteiger partial charge on any atom is 0.244 e. The summed E-state index contributed by atoms with van der Waals surface area (Å²) in [6, 6.07) is -0.391. The van der Waals surface area contributed by atoms with Gasteiger partial charge in [0.25, 0.3) is 0 Å². The zero-order chi connectivity index (χ0) is 13.3. The maximum absolute atomic E-state index is 12.3. The molecule has 0 saturated heterocycles. The van der Waals surface area contributed by atoms with Crippen LogP contribution in [0.4, 0.5) is 0 Å². The van der Waals surface area contributed by atoms with Crippen LogP contribution in [0.2, 0.25) is 0 Å². The zero-order valence-corrected chi connectivity index (χ0v) is 11.4. The van der Waals surface area contributed by atoms with Gasteiger partial charge in [-0.2, -0.15) is 5.10 Å². The number of hydrogen-bond donors (Lipinski definition) is 3. The summed E-state index contributed by atoms with van der Waals surface area (Å²) < 4.78 is 27.1. The molecule has 3 N–H and O–H groups in total. The summed E-state index contributed by atoms with van der Waals surface area (Å²) in [5.41, 5.74) is 0.968. The van der Waals surface area contributed by atoms with Gasteiger partial charge < -0.3 is 5.11 Å². The number of hydrogen-bond acceptors (Lipinski definition) is 4. The Labute approximate surface area is 107 Å². The van der Waals surface area contributed by atoms with Crippen LogP contribution in [0.25, 0.3) is 0 Å². The van der Waals surface area contributed by atoms with Crippen molar-refractivity contribution in [2.24, 2.45) is 0 Å². The first-order valence-corrected chi connectivity index (χ1v) is 7.62. The van der Waals surface area contributed by atoms with Crippen molar-refractivity contribution >= 4 is 10.0 Å². The summed E-state index contributed by atoms with van der Waals surface area (Å²) in [6.07, 6.45) is 2.62. The predicted molar refractivity (Wildman–Crippen MR) is 66.6 cm³/mol. The highest BCUT2D eigenvalue weighted by Gasteiger charge is 2.30. The van der Waals surface area contributed by atoms with Crippen molar-refractivity contribution in [2.75, 3.05) is 0 Å². The fourth-order valence-corrected chi connectivity index (χ4v) is 4.12. The lowest BCUT2D eigenvalue weighted by atomic mass is 9.93. The lowest BCUT2D eigenvalue weighted by molar-refractivity contribution is 0.101. The molecule has 1 aromatic heterocycles. The van der Waals surface area contributed by atoms with E-state index in [2.05, 4.69) is 14.9 Å². The van der Waals surface area contributed by atoms with Gasteiger partial charge in [-0.05, 0) is 26.7 Å². The number of nitrogens with one attached hydrogen (secondary N) is 2. The second-order valence-corrected chi connectivity index (χ2v) is 6.49. The molecule has 1 saturated carbocycles. The van der Waals surface area contributed by atoms with Gasteiger partial charge in [0.2, 0.25) is 10.0 Å². The molecule has 6 nitrogen and oxygen atoms in total. The van der Waals surface area contributed by atoms with Crippen molar-refractivity contribution in [1.82, 2.24) is 14.9 Å². The van der Waals surface area contributed by atoms with Gasteiger partial charge in [0.15, 0.2) is 0 Å². The molecule has 1 aliphatic carbocycles. The highest BCUT2D eigenvalue weighted by molar-refractivity contribution is 7.89. The van der Waals surface area contributed by atoms with Gasteiger partial charge in [-0.25, -0.2) is 13.1 Å². The number of aliphatic hydroxyl groups excluding tert-OH is 1. The van der Waals surface area contributed by atoms with E-state index in [9.17, 15) is 13.5 Å². The minimum Gasteiger partial charge on any atom is -0.391 e. The van der Waals surface area contributed by atoms with Gasteiger partial charge in [-0.1, -0.05) is 12.8 Å². The van der Waals surface area contributed by atoms with Crippen molar-refractivity contribution in [2.45, 2.75) is 56.6 Å². The normalized spacial score (nSPS) is 25.3. The zero-order valence-electron chi connectivity index (χ0n) is 10.6. The SMILES string of the molecule is Cc1n[nH]c(C)c1S(=O)(=O)N[C@H]1CCCC[C@@H]1O. The second-order valence-electron chi connectivity index (χ2n) is 4.84. The quantitative estimate of drug-likeness (QED) is 0.752. The average Bonchev–Trinajstić information content (AvgIpc) is 2.62. The molecule has 18 heavy (non-hydrogen) atoms. The lowest BCUT2D eigenvalue weighted by Gasteiger charge is -2.28. The highest BCUT2D eigenvalue weighted by Crippen LogP contribution is 2.22. The Morgan fingerprint density at radius 3 is 2.56 bits per heavy atom. The van der Waals surface area contributed by atoms with Crippen molar-refractivity contribution in [3.05, 3.63) is 11.4 Å². The summed E-state index contributed by atoms with van der Waals surface area (Å²) in [5, 5.41) is 16.4. The van der Waals surface area contributed by atoms with E-state index in [4.69, 9.17) is 0 Å². The van der Waals surface area contributed by atoms with Crippen LogP contribution in [-0.4, -0.2) is 35.9 Å². The molecule has 7 heteroatoms. The van der Waals surface area contributed by atoms with Crippen LogP contribution in [-0.2, 0) is 10.0 Å². The number of sulfonamides is 1. The molecular weight excluding hydrogens is 254 g/mol. The molecule has 0 aromatic carbocycles. The van der Waals surface area contributed by atoms with Gasteiger partial charge in [0.1, 0.15) is 4.90 Å². The largest absolute Gasteiger partial charge is 0.391 e. The van der Waals surface area contributed by atoms with E-state index >= 15 is 0 Å². The summed E-state index contributed by atoms with van der Waals surface area (Å²) in [5.74, 6) is 0. The second kappa shape index (κ2) is 4.99. The van der Waals surface area contributed by atoms with Crippen LogP contribution >= 0.6 is 0 Å². The first kappa shape index (κ1) is 13.5. The molecule has 2 atom stereocenters. The van der Waals surface area contributed by atoms with Crippen molar-refractivity contribution in [3.8, 4) is 0 Å². The molecule has 1 heterocycles. The molecule has 1 aliphatic rings. The lowest BCUT2D eigenvalue weighted by Crippen LogP contribution is -2.45. The van der Waals surface area contributed by atoms with Gasteiger partial charge >= 0.3 is 0 Å². The Hall–Kier alpha value is -0.920. The van der Waals surface area contributed by atoms with Crippen molar-refractivity contribution in [3.63, 3.8) is 0 Å². The van der Waals surface area contributed by atoms with Crippen LogP contribution in [0, 0.1) is 13.8 Å². The van der Waals surface area contributed by atoms with E-state index in [0.717, 1.165) is 12.8 Å². The molecule has 0 amide bonds. The Kier molecular flexibility index (Phi) is 3.74.